The number of thiophene rings is 1. The predicted octanol–water partition coefficient (Wildman–Crippen LogP) is 6.71. The molecule has 0 fully saturated rings. The van der Waals surface area contributed by atoms with Crippen molar-refractivity contribution in [2.45, 2.75) is 22.6 Å². The molecule has 4 rings (SSSR count). The van der Waals surface area contributed by atoms with Gasteiger partial charge < -0.3 is 5.32 Å². The van der Waals surface area contributed by atoms with E-state index in [0.717, 1.165) is 26.4 Å². The Bertz CT molecular complexity index is 1200. The van der Waals surface area contributed by atoms with Crippen molar-refractivity contribution in [2.24, 2.45) is 0 Å². The Balaban J connectivity index is 1.47. The molecule has 0 bridgehead atoms. The predicted molar refractivity (Wildman–Crippen MR) is 125 cm³/mol. The minimum Gasteiger partial charge on any atom is -0.325 e. The van der Waals surface area contributed by atoms with Crippen LogP contribution in [0.2, 0.25) is 0 Å². The van der Waals surface area contributed by atoms with Crippen LogP contribution in [0.1, 0.15) is 5.56 Å². The Kier molecular flexibility index (Phi) is 6.84. The van der Waals surface area contributed by atoms with E-state index in [1.165, 1.54) is 23.7 Å². The lowest BCUT2D eigenvalue weighted by Gasteiger charge is -2.08. The quantitative estimate of drug-likeness (QED) is 0.239. The first-order chi connectivity index (χ1) is 15.0. The summed E-state index contributed by atoms with van der Waals surface area (Å²) in [5, 5.41) is 6.55. The van der Waals surface area contributed by atoms with Gasteiger partial charge in [-0.25, -0.2) is 9.97 Å². The summed E-state index contributed by atoms with van der Waals surface area (Å²) in [6.45, 7) is 2.05. The number of nitrogens with zero attached hydrogens (tertiary/aromatic N) is 2. The largest absolute Gasteiger partial charge is 0.325 e. The van der Waals surface area contributed by atoms with E-state index in [1.54, 1.807) is 35.6 Å². The van der Waals surface area contributed by atoms with Gasteiger partial charge in [-0.1, -0.05) is 53.4 Å². The highest BCUT2D eigenvalue weighted by atomic mass is 32.2. The number of aromatic nitrogens is 2. The molecule has 31 heavy (non-hydrogen) atoms. The maximum Gasteiger partial charge on any atom is 0.288 e. The van der Waals surface area contributed by atoms with Crippen molar-refractivity contribution in [2.75, 3.05) is 11.1 Å². The third kappa shape index (κ3) is 5.41. The first-order valence-electron chi connectivity index (χ1n) is 9.26. The van der Waals surface area contributed by atoms with Crippen LogP contribution in [0.5, 0.6) is 0 Å². The molecule has 0 saturated heterocycles. The van der Waals surface area contributed by atoms with Gasteiger partial charge in [-0.05, 0) is 36.8 Å². The Morgan fingerprint density at radius 3 is 2.55 bits per heavy atom. The van der Waals surface area contributed by atoms with Crippen molar-refractivity contribution in [1.29, 1.82) is 0 Å². The lowest BCUT2D eigenvalue weighted by Crippen LogP contribution is -2.14. The molecule has 0 aliphatic heterocycles. The van der Waals surface area contributed by atoms with Gasteiger partial charge in [-0.2, -0.15) is 8.78 Å². The Morgan fingerprint density at radius 1 is 1.10 bits per heavy atom. The van der Waals surface area contributed by atoms with E-state index in [9.17, 15) is 13.6 Å². The number of carbonyl (C=O) groups excluding carboxylic acids is 1. The minimum absolute atomic E-state index is 0.169. The van der Waals surface area contributed by atoms with Crippen molar-refractivity contribution in [3.63, 3.8) is 0 Å². The van der Waals surface area contributed by atoms with Crippen LogP contribution in [0, 0.1) is 6.92 Å². The van der Waals surface area contributed by atoms with Crippen LogP contribution >= 0.6 is 34.9 Å². The van der Waals surface area contributed by atoms with Crippen LogP contribution in [-0.4, -0.2) is 27.4 Å². The number of rotatable bonds is 7. The molecule has 0 radical (unpaired) electrons. The van der Waals surface area contributed by atoms with Gasteiger partial charge in [-0.15, -0.1) is 11.3 Å². The maximum absolute atomic E-state index is 12.4. The number of amides is 1. The van der Waals surface area contributed by atoms with E-state index >= 15 is 0 Å². The van der Waals surface area contributed by atoms with Crippen LogP contribution < -0.4 is 5.32 Å². The molecule has 0 aliphatic rings. The van der Waals surface area contributed by atoms with Crippen LogP contribution in [0.25, 0.3) is 21.3 Å². The lowest BCUT2D eigenvalue weighted by molar-refractivity contribution is -0.113. The summed E-state index contributed by atoms with van der Waals surface area (Å²) in [6.07, 6.45) is 1.51. The first-order valence-corrected chi connectivity index (χ1v) is 12.0. The van der Waals surface area contributed by atoms with Gasteiger partial charge in [0, 0.05) is 21.5 Å². The number of aryl methyl sites for hydroxylation is 1. The summed E-state index contributed by atoms with van der Waals surface area (Å²) in [4.78, 5) is 22.5. The molecule has 2 aromatic carbocycles. The summed E-state index contributed by atoms with van der Waals surface area (Å²) in [5.74, 6) is -2.50. The van der Waals surface area contributed by atoms with E-state index in [0.29, 0.717) is 22.3 Å². The van der Waals surface area contributed by atoms with E-state index < -0.39 is 5.76 Å². The highest BCUT2D eigenvalue weighted by Crippen LogP contribution is 2.38. The number of anilines is 1. The fourth-order valence-corrected chi connectivity index (χ4v) is 5.25. The molecule has 158 valence electrons. The number of hydrogen-bond acceptors (Lipinski definition) is 6. The van der Waals surface area contributed by atoms with Crippen LogP contribution in [0.3, 0.4) is 0 Å². The second-order valence-electron chi connectivity index (χ2n) is 6.61. The third-order valence-corrected chi connectivity index (χ3v) is 7.00. The van der Waals surface area contributed by atoms with Gasteiger partial charge in [0.1, 0.15) is 16.2 Å². The molecular weight excluding hydrogens is 456 g/mol. The molecule has 0 aliphatic carbocycles. The van der Waals surface area contributed by atoms with Crippen LogP contribution in [0.15, 0.2) is 70.2 Å². The van der Waals surface area contributed by atoms with Gasteiger partial charge in [0.05, 0.1) is 11.1 Å². The molecule has 1 N–H and O–H groups in total. The van der Waals surface area contributed by atoms with Gasteiger partial charge in [0.15, 0.2) is 0 Å². The topological polar surface area (TPSA) is 54.9 Å². The average molecular weight is 474 g/mol. The van der Waals surface area contributed by atoms with E-state index in [1.807, 2.05) is 6.92 Å². The Hall–Kier alpha value is -2.49. The highest BCUT2D eigenvalue weighted by Gasteiger charge is 2.15. The van der Waals surface area contributed by atoms with Gasteiger partial charge in [-0.3, -0.25) is 4.79 Å². The molecule has 2 heterocycles. The zero-order valence-electron chi connectivity index (χ0n) is 16.3. The number of thioether (sulfide) groups is 2. The van der Waals surface area contributed by atoms with E-state index in [4.69, 9.17) is 0 Å². The van der Waals surface area contributed by atoms with Crippen molar-refractivity contribution in [3.8, 4) is 11.1 Å². The van der Waals surface area contributed by atoms with Crippen LogP contribution in [0.4, 0.5) is 14.5 Å². The highest BCUT2D eigenvalue weighted by molar-refractivity contribution is 8.00. The first kappa shape index (κ1) is 21.7. The molecule has 0 unspecified atom stereocenters. The fraction of sp³-hybridized carbons (Fsp3) is 0.136. The standard InChI is InChI=1S/C22H17F2N3OS3/c1-13-2-4-14(5-3-13)17-10-29-20-19(17)21(26-12-25-20)30-11-18(28)27-15-6-8-16(9-7-15)31-22(23)24/h2-10,12,22H,11H2,1H3,(H,27,28). The summed E-state index contributed by atoms with van der Waals surface area (Å²) in [6, 6.07) is 14.6. The van der Waals surface area contributed by atoms with E-state index in [2.05, 4.69) is 44.9 Å². The normalized spacial score (nSPS) is 11.2. The van der Waals surface area contributed by atoms with Gasteiger partial charge >= 0.3 is 0 Å². The maximum atomic E-state index is 12.4. The van der Waals surface area contributed by atoms with Crippen LogP contribution in [-0.2, 0) is 4.79 Å². The molecular formula is C22H17F2N3OS3. The minimum atomic E-state index is -2.47. The summed E-state index contributed by atoms with van der Waals surface area (Å²) >= 11 is 3.37. The molecule has 0 spiro atoms. The number of nitrogens with one attached hydrogen (secondary N) is 1. The molecule has 0 atom stereocenters. The molecule has 0 saturated carbocycles. The number of halogens is 2. The molecule has 4 nitrogen and oxygen atoms in total. The lowest BCUT2D eigenvalue weighted by atomic mass is 10.1. The smallest absolute Gasteiger partial charge is 0.288 e. The Labute approximate surface area is 190 Å². The number of alkyl halides is 2. The number of fused-ring (bicyclic) bond motifs is 1. The molecule has 9 heteroatoms. The molecule has 2 aromatic heterocycles. The van der Waals surface area contributed by atoms with Crippen molar-refractivity contribution >= 4 is 56.7 Å². The summed E-state index contributed by atoms with van der Waals surface area (Å²) in [5.41, 5.74) is 3.88. The summed E-state index contributed by atoms with van der Waals surface area (Å²) in [7, 11) is 0. The SMILES string of the molecule is Cc1ccc(-c2csc3ncnc(SCC(=O)Nc4ccc(SC(F)F)cc4)c23)cc1. The zero-order chi connectivity index (χ0) is 21.8. The van der Waals surface area contributed by atoms with Gasteiger partial charge in [0.2, 0.25) is 5.91 Å². The van der Waals surface area contributed by atoms with Crippen molar-refractivity contribution < 1.29 is 13.6 Å². The third-order valence-electron chi connectivity index (χ3n) is 4.40. The van der Waals surface area contributed by atoms with Crippen molar-refractivity contribution in [1.82, 2.24) is 9.97 Å². The van der Waals surface area contributed by atoms with E-state index in [-0.39, 0.29) is 11.7 Å². The summed E-state index contributed by atoms with van der Waals surface area (Å²) < 4.78 is 24.8. The van der Waals surface area contributed by atoms with Gasteiger partial charge in [0.25, 0.3) is 5.76 Å². The number of benzene rings is 2. The average Bonchev–Trinajstić information content (AvgIpc) is 3.19. The second kappa shape index (κ2) is 9.76. The fourth-order valence-electron chi connectivity index (χ4n) is 2.95. The monoisotopic (exact) mass is 473 g/mol. The van der Waals surface area contributed by atoms with Crippen molar-refractivity contribution in [3.05, 3.63) is 65.8 Å². The number of carbonyl (C=O) groups is 1. The molecule has 4 aromatic rings. The molecule has 1 amide bonds. The zero-order valence-corrected chi connectivity index (χ0v) is 18.8. The number of hydrogen-bond donors (Lipinski definition) is 1. The second-order valence-corrected chi connectivity index (χ2v) is 9.50. The Morgan fingerprint density at radius 2 is 1.84 bits per heavy atom.